The third-order valence-electron chi connectivity index (χ3n) is 2.06. The van der Waals surface area contributed by atoms with Gasteiger partial charge in [0, 0.05) is 26.7 Å². The fourth-order valence-corrected chi connectivity index (χ4v) is 1.18. The molecule has 5 nitrogen and oxygen atoms in total. The first-order chi connectivity index (χ1) is 5.74. The van der Waals surface area contributed by atoms with Crippen molar-refractivity contribution in [3.05, 3.63) is 0 Å². The average Bonchev–Trinajstić information content (AvgIpc) is 2.07. The highest BCUT2D eigenvalue weighted by Crippen LogP contribution is 1.99. The molecule has 0 aromatic heterocycles. The van der Waals surface area contributed by atoms with Crippen LogP contribution < -0.4 is 5.90 Å². The van der Waals surface area contributed by atoms with Crippen LogP contribution in [0.1, 0.15) is 0 Å². The first-order valence-corrected chi connectivity index (χ1v) is 4.02. The first-order valence-electron chi connectivity index (χ1n) is 4.02. The molecule has 2 N–H and O–H groups in total. The summed E-state index contributed by atoms with van der Waals surface area (Å²) in [5.41, 5.74) is 0. The zero-order chi connectivity index (χ0) is 8.97. The van der Waals surface area contributed by atoms with Crippen LogP contribution in [0.25, 0.3) is 0 Å². The number of carbonyl (C=O) groups is 1. The van der Waals surface area contributed by atoms with Crippen LogP contribution in [0.5, 0.6) is 0 Å². The van der Waals surface area contributed by atoms with E-state index in [9.17, 15) is 4.79 Å². The summed E-state index contributed by atoms with van der Waals surface area (Å²) in [6.45, 7) is 3.40. The van der Waals surface area contributed by atoms with Gasteiger partial charge in [0.25, 0.3) is 0 Å². The summed E-state index contributed by atoms with van der Waals surface area (Å²) < 4.78 is 0. The summed E-state index contributed by atoms with van der Waals surface area (Å²) in [6.07, 6.45) is 0. The minimum atomic E-state index is 0.165. The lowest BCUT2D eigenvalue weighted by Crippen LogP contribution is -2.49. The van der Waals surface area contributed by atoms with Crippen LogP contribution in [0.2, 0.25) is 0 Å². The largest absolute Gasteiger partial charge is 0.343 e. The molecule has 0 unspecified atom stereocenters. The second-order valence-electron chi connectivity index (χ2n) is 2.96. The second-order valence-corrected chi connectivity index (χ2v) is 2.96. The van der Waals surface area contributed by atoms with Gasteiger partial charge in [-0.3, -0.25) is 9.69 Å². The van der Waals surface area contributed by atoms with E-state index >= 15 is 0 Å². The molecule has 1 rings (SSSR count). The molecule has 0 atom stereocenters. The fraction of sp³-hybridized carbons (Fsp3) is 0.857. The van der Waals surface area contributed by atoms with Gasteiger partial charge in [-0.25, -0.2) is 5.90 Å². The molecular weight excluding hydrogens is 158 g/mol. The maximum absolute atomic E-state index is 11.2. The number of likely N-dealkylation sites (N-methyl/N-ethyl adjacent to an activating group) is 1. The molecule has 1 heterocycles. The molecule has 5 heteroatoms. The predicted octanol–water partition coefficient (Wildman–Crippen LogP) is -1.35. The maximum atomic E-state index is 11.2. The van der Waals surface area contributed by atoms with E-state index in [-0.39, 0.29) is 5.91 Å². The van der Waals surface area contributed by atoms with Gasteiger partial charge in [0.05, 0.1) is 13.2 Å². The summed E-state index contributed by atoms with van der Waals surface area (Å²) in [5.74, 6) is 5.05. The van der Waals surface area contributed by atoms with Gasteiger partial charge in [-0.15, -0.1) is 0 Å². The second kappa shape index (κ2) is 4.39. The van der Waals surface area contributed by atoms with E-state index in [1.165, 1.54) is 0 Å². The van der Waals surface area contributed by atoms with Crippen LogP contribution in [0, 0.1) is 0 Å². The zero-order valence-corrected chi connectivity index (χ0v) is 7.32. The average molecular weight is 173 g/mol. The lowest BCUT2D eigenvalue weighted by Gasteiger charge is -2.31. The Morgan fingerprint density at radius 1 is 1.58 bits per heavy atom. The molecule has 70 valence electrons. The smallest absolute Gasteiger partial charge is 0.236 e. The van der Waals surface area contributed by atoms with E-state index in [0.29, 0.717) is 13.2 Å². The van der Waals surface area contributed by atoms with Gasteiger partial charge < -0.3 is 9.74 Å². The Hall–Kier alpha value is -0.650. The van der Waals surface area contributed by atoms with Gasteiger partial charge >= 0.3 is 0 Å². The fourth-order valence-electron chi connectivity index (χ4n) is 1.18. The number of carbonyl (C=O) groups excluding carboxylic acids is 1. The van der Waals surface area contributed by atoms with Gasteiger partial charge in [0.15, 0.2) is 0 Å². The Balaban J connectivity index is 2.25. The van der Waals surface area contributed by atoms with Crippen LogP contribution in [-0.2, 0) is 9.63 Å². The van der Waals surface area contributed by atoms with Crippen molar-refractivity contribution in [2.75, 3.05) is 39.8 Å². The van der Waals surface area contributed by atoms with Crippen molar-refractivity contribution in [3.63, 3.8) is 0 Å². The number of amides is 1. The van der Waals surface area contributed by atoms with Gasteiger partial charge in [-0.2, -0.15) is 0 Å². The molecule has 1 amide bonds. The Kier molecular flexibility index (Phi) is 3.46. The Morgan fingerprint density at radius 2 is 2.33 bits per heavy atom. The summed E-state index contributed by atoms with van der Waals surface area (Å²) in [7, 11) is 1.82. The molecule has 0 bridgehead atoms. The number of piperazine rings is 1. The molecule has 1 aliphatic rings. The molecular formula is C7H15N3O2. The number of nitrogens with two attached hydrogens (primary N) is 1. The minimum Gasteiger partial charge on any atom is -0.343 e. The van der Waals surface area contributed by atoms with Crippen LogP contribution in [0.15, 0.2) is 0 Å². The maximum Gasteiger partial charge on any atom is 0.236 e. The SMILES string of the molecule is CN1CCN(CCON)CC1=O. The van der Waals surface area contributed by atoms with E-state index in [1.807, 2.05) is 11.9 Å². The molecule has 0 radical (unpaired) electrons. The summed E-state index contributed by atoms with van der Waals surface area (Å²) in [4.78, 5) is 19.4. The third-order valence-corrected chi connectivity index (χ3v) is 2.06. The Bertz CT molecular complexity index is 161. The summed E-state index contributed by atoms with van der Waals surface area (Å²) >= 11 is 0. The van der Waals surface area contributed by atoms with Gasteiger partial charge in [-0.05, 0) is 0 Å². The molecule has 0 aliphatic carbocycles. The first kappa shape index (κ1) is 9.44. The molecule has 1 saturated heterocycles. The van der Waals surface area contributed by atoms with Crippen LogP contribution >= 0.6 is 0 Å². The highest BCUT2D eigenvalue weighted by molar-refractivity contribution is 5.78. The topological polar surface area (TPSA) is 58.8 Å². The van der Waals surface area contributed by atoms with Crippen LogP contribution in [-0.4, -0.2) is 55.5 Å². The Morgan fingerprint density at radius 3 is 2.92 bits per heavy atom. The lowest BCUT2D eigenvalue weighted by atomic mass is 10.3. The molecule has 0 spiro atoms. The molecule has 1 fully saturated rings. The molecule has 1 aliphatic heterocycles. The van der Waals surface area contributed by atoms with Crippen molar-refractivity contribution in [3.8, 4) is 0 Å². The Labute approximate surface area is 72.0 Å². The lowest BCUT2D eigenvalue weighted by molar-refractivity contribution is -0.134. The quantitative estimate of drug-likeness (QED) is 0.536. The van der Waals surface area contributed by atoms with E-state index in [2.05, 4.69) is 4.84 Å². The standard InChI is InChI=1S/C7H15N3O2/c1-9-2-3-10(4-5-12-8)6-7(9)11/h2-6,8H2,1H3. The van der Waals surface area contributed by atoms with Crippen LogP contribution in [0.4, 0.5) is 0 Å². The van der Waals surface area contributed by atoms with Crippen molar-refractivity contribution >= 4 is 5.91 Å². The van der Waals surface area contributed by atoms with E-state index in [1.54, 1.807) is 4.90 Å². The molecule has 12 heavy (non-hydrogen) atoms. The highest BCUT2D eigenvalue weighted by atomic mass is 16.6. The molecule has 0 saturated carbocycles. The van der Waals surface area contributed by atoms with Crippen molar-refractivity contribution < 1.29 is 9.63 Å². The third kappa shape index (κ3) is 2.44. The monoisotopic (exact) mass is 173 g/mol. The highest BCUT2D eigenvalue weighted by Gasteiger charge is 2.19. The van der Waals surface area contributed by atoms with E-state index < -0.39 is 0 Å². The molecule has 0 aromatic carbocycles. The summed E-state index contributed by atoms with van der Waals surface area (Å²) in [5, 5.41) is 0. The van der Waals surface area contributed by atoms with Crippen LogP contribution in [0.3, 0.4) is 0 Å². The zero-order valence-electron chi connectivity index (χ0n) is 7.32. The van der Waals surface area contributed by atoms with Gasteiger partial charge in [0.1, 0.15) is 0 Å². The van der Waals surface area contributed by atoms with E-state index in [4.69, 9.17) is 5.90 Å². The summed E-state index contributed by atoms with van der Waals surface area (Å²) in [6, 6.07) is 0. The van der Waals surface area contributed by atoms with E-state index in [0.717, 1.165) is 19.6 Å². The molecule has 0 aromatic rings. The number of rotatable bonds is 3. The van der Waals surface area contributed by atoms with Gasteiger partial charge in [0.2, 0.25) is 5.91 Å². The number of hydrogen-bond acceptors (Lipinski definition) is 4. The van der Waals surface area contributed by atoms with Crippen molar-refractivity contribution in [1.82, 2.24) is 9.80 Å². The van der Waals surface area contributed by atoms with Crippen molar-refractivity contribution in [2.45, 2.75) is 0 Å². The number of nitrogens with zero attached hydrogens (tertiary/aromatic N) is 2. The van der Waals surface area contributed by atoms with Crippen molar-refractivity contribution in [1.29, 1.82) is 0 Å². The predicted molar refractivity (Wildman–Crippen MR) is 44.2 cm³/mol. The van der Waals surface area contributed by atoms with Crippen molar-refractivity contribution in [2.24, 2.45) is 5.90 Å². The van der Waals surface area contributed by atoms with Gasteiger partial charge in [-0.1, -0.05) is 0 Å². The normalized spacial score (nSPS) is 20.2. The number of hydrogen-bond donors (Lipinski definition) is 1. The minimum absolute atomic E-state index is 0.165.